The molecule has 0 aliphatic carbocycles. The Morgan fingerprint density at radius 2 is 1.41 bits per heavy atom. The third-order valence-corrected chi connectivity index (χ3v) is 5.07. The van der Waals surface area contributed by atoms with Crippen LogP contribution in [0.3, 0.4) is 0 Å². The van der Waals surface area contributed by atoms with Gasteiger partial charge in [0.1, 0.15) is 0 Å². The first-order valence-corrected chi connectivity index (χ1v) is 9.78. The van der Waals surface area contributed by atoms with E-state index in [1.165, 1.54) is 13.8 Å². The minimum atomic E-state index is -4.09. The molecule has 1 saturated heterocycles. The Kier molecular flexibility index (Phi) is 7.85. The van der Waals surface area contributed by atoms with Crippen molar-refractivity contribution in [2.45, 2.75) is 39.3 Å². The molecule has 1 heterocycles. The molecule has 1 aliphatic rings. The van der Waals surface area contributed by atoms with E-state index in [-0.39, 0.29) is 6.54 Å². The summed E-state index contributed by atoms with van der Waals surface area (Å²) in [5.41, 5.74) is 0.856. The Labute approximate surface area is 170 Å². The average molecular weight is 407 g/mol. The first-order valence-electron chi connectivity index (χ1n) is 9.78. The minimum Gasteiger partial charge on any atom is -0.478 e. The monoisotopic (exact) mass is 407 g/mol. The Hall–Kier alpha value is -2.34. The van der Waals surface area contributed by atoms with Gasteiger partial charge in [0.15, 0.2) is 0 Å². The number of likely N-dealkylation sites (tertiary alicyclic amines) is 1. The van der Waals surface area contributed by atoms with Crippen LogP contribution in [-0.4, -0.2) is 41.8 Å². The van der Waals surface area contributed by atoms with Gasteiger partial charge < -0.3 is 10.0 Å². The van der Waals surface area contributed by atoms with Crippen LogP contribution in [0.2, 0.25) is 0 Å². The minimum absolute atomic E-state index is 0.135. The largest absolute Gasteiger partial charge is 0.478 e. The van der Waals surface area contributed by atoms with Gasteiger partial charge in [0.25, 0.3) is 0 Å². The van der Waals surface area contributed by atoms with Crippen molar-refractivity contribution < 1.29 is 23.1 Å². The average Bonchev–Trinajstić information content (AvgIpc) is 2.69. The quantitative estimate of drug-likeness (QED) is 0.664. The smallest absolute Gasteiger partial charge is 0.395 e. The molecule has 2 aromatic rings. The van der Waals surface area contributed by atoms with E-state index in [4.69, 9.17) is 5.11 Å². The van der Waals surface area contributed by atoms with E-state index < -0.39 is 17.6 Å². The SMILES string of the molecule is CC(C)(CN1CCCCC1)C(F)(F)F.O=C(O)c1ccc(-c2ccccc2)cc1. The standard InChI is InChI=1S/C13H10O2.C10H18F3N/c14-13(15)12-8-6-11(7-9-12)10-4-2-1-3-5-10;1-9(2,10(11,12)13)8-14-6-4-3-5-7-14/h1-9H,(H,14,15);3-8H2,1-2H3. The summed E-state index contributed by atoms with van der Waals surface area (Å²) in [6.07, 6.45) is -0.866. The van der Waals surface area contributed by atoms with Gasteiger partial charge in [-0.15, -0.1) is 0 Å². The van der Waals surface area contributed by atoms with E-state index in [1.807, 2.05) is 47.4 Å². The van der Waals surface area contributed by atoms with E-state index in [0.717, 1.165) is 43.5 Å². The molecule has 158 valence electrons. The highest BCUT2D eigenvalue weighted by molar-refractivity contribution is 5.88. The van der Waals surface area contributed by atoms with Crippen molar-refractivity contribution in [2.24, 2.45) is 5.41 Å². The second kappa shape index (κ2) is 9.92. The molecule has 1 fully saturated rings. The molecule has 3 rings (SSSR count). The molecule has 0 atom stereocenters. The van der Waals surface area contributed by atoms with Crippen LogP contribution in [0.25, 0.3) is 11.1 Å². The molecule has 2 aromatic carbocycles. The molecule has 0 amide bonds. The first kappa shape index (κ1) is 22.9. The molecule has 0 radical (unpaired) electrons. The number of halogens is 3. The summed E-state index contributed by atoms with van der Waals surface area (Å²) in [6, 6.07) is 16.7. The van der Waals surface area contributed by atoms with E-state index in [9.17, 15) is 18.0 Å². The predicted molar refractivity (Wildman–Crippen MR) is 109 cm³/mol. The number of carboxylic acids is 1. The molecule has 3 nitrogen and oxygen atoms in total. The molecule has 0 saturated carbocycles. The van der Waals surface area contributed by atoms with E-state index >= 15 is 0 Å². The lowest BCUT2D eigenvalue weighted by Crippen LogP contribution is -2.45. The molecule has 0 spiro atoms. The van der Waals surface area contributed by atoms with Crippen molar-refractivity contribution >= 4 is 5.97 Å². The lowest BCUT2D eigenvalue weighted by Gasteiger charge is -2.36. The van der Waals surface area contributed by atoms with Crippen LogP contribution in [-0.2, 0) is 0 Å². The van der Waals surface area contributed by atoms with Crippen molar-refractivity contribution in [3.8, 4) is 11.1 Å². The van der Waals surface area contributed by atoms with Crippen LogP contribution < -0.4 is 0 Å². The molecule has 29 heavy (non-hydrogen) atoms. The van der Waals surface area contributed by atoms with Crippen molar-refractivity contribution in [3.05, 3.63) is 60.2 Å². The molecule has 6 heteroatoms. The third kappa shape index (κ3) is 6.89. The number of rotatable bonds is 4. The highest BCUT2D eigenvalue weighted by atomic mass is 19.4. The van der Waals surface area contributed by atoms with Crippen molar-refractivity contribution in [2.75, 3.05) is 19.6 Å². The number of aromatic carboxylic acids is 1. The molecular weight excluding hydrogens is 379 g/mol. The highest BCUT2D eigenvalue weighted by Crippen LogP contribution is 2.38. The van der Waals surface area contributed by atoms with Crippen LogP contribution in [0.1, 0.15) is 43.5 Å². The van der Waals surface area contributed by atoms with Gasteiger partial charge in [0.05, 0.1) is 11.0 Å². The molecule has 0 unspecified atom stereocenters. The molecule has 1 N–H and O–H groups in total. The van der Waals surface area contributed by atoms with Gasteiger partial charge in [-0.3, -0.25) is 0 Å². The third-order valence-electron chi connectivity index (χ3n) is 5.07. The summed E-state index contributed by atoms with van der Waals surface area (Å²) >= 11 is 0. The lowest BCUT2D eigenvalue weighted by atomic mass is 9.91. The zero-order valence-corrected chi connectivity index (χ0v) is 16.9. The number of carbonyl (C=O) groups is 1. The zero-order chi connectivity index (χ0) is 21.5. The van der Waals surface area contributed by atoms with E-state index in [1.54, 1.807) is 12.1 Å². The van der Waals surface area contributed by atoms with Gasteiger partial charge in [0.2, 0.25) is 0 Å². The van der Waals surface area contributed by atoms with Crippen LogP contribution in [0.4, 0.5) is 13.2 Å². The van der Waals surface area contributed by atoms with Crippen molar-refractivity contribution in [1.82, 2.24) is 4.90 Å². The fourth-order valence-electron chi connectivity index (χ4n) is 3.20. The van der Waals surface area contributed by atoms with E-state index in [2.05, 4.69) is 0 Å². The summed E-state index contributed by atoms with van der Waals surface area (Å²) < 4.78 is 37.7. The number of hydrogen-bond donors (Lipinski definition) is 1. The van der Waals surface area contributed by atoms with Crippen LogP contribution in [0.5, 0.6) is 0 Å². The Balaban J connectivity index is 0.000000208. The number of carboxylic acid groups (broad SMARTS) is 1. The summed E-state index contributed by atoms with van der Waals surface area (Å²) in [4.78, 5) is 12.6. The van der Waals surface area contributed by atoms with E-state index in [0.29, 0.717) is 5.56 Å². The van der Waals surface area contributed by atoms with Gasteiger partial charge in [-0.25, -0.2) is 4.79 Å². The second-order valence-electron chi connectivity index (χ2n) is 7.97. The van der Waals surface area contributed by atoms with Crippen molar-refractivity contribution in [1.29, 1.82) is 0 Å². The summed E-state index contributed by atoms with van der Waals surface area (Å²) in [6.45, 7) is 4.33. The maximum absolute atomic E-state index is 12.6. The zero-order valence-electron chi connectivity index (χ0n) is 16.9. The highest BCUT2D eigenvalue weighted by Gasteiger charge is 2.47. The second-order valence-corrected chi connectivity index (χ2v) is 7.97. The van der Waals surface area contributed by atoms with Crippen LogP contribution in [0, 0.1) is 5.41 Å². The van der Waals surface area contributed by atoms with Crippen LogP contribution >= 0.6 is 0 Å². The molecular formula is C23H28F3NO2. The maximum atomic E-state index is 12.6. The Morgan fingerprint density at radius 3 is 1.90 bits per heavy atom. The topological polar surface area (TPSA) is 40.5 Å². The molecule has 0 aromatic heterocycles. The summed E-state index contributed by atoms with van der Waals surface area (Å²) in [5.74, 6) is -0.894. The van der Waals surface area contributed by atoms with Crippen LogP contribution in [0.15, 0.2) is 54.6 Å². The molecule has 0 bridgehead atoms. The van der Waals surface area contributed by atoms with Gasteiger partial charge in [-0.2, -0.15) is 13.2 Å². The Morgan fingerprint density at radius 1 is 0.897 bits per heavy atom. The Bertz CT molecular complexity index is 765. The lowest BCUT2D eigenvalue weighted by molar-refractivity contribution is -0.217. The van der Waals surface area contributed by atoms with Gasteiger partial charge in [0, 0.05) is 6.54 Å². The van der Waals surface area contributed by atoms with Gasteiger partial charge >= 0.3 is 12.1 Å². The number of nitrogens with zero attached hydrogens (tertiary/aromatic N) is 1. The number of benzene rings is 2. The number of hydrogen-bond acceptors (Lipinski definition) is 2. The predicted octanol–water partition coefficient (Wildman–Crippen LogP) is 6.11. The summed E-state index contributed by atoms with van der Waals surface area (Å²) in [7, 11) is 0. The maximum Gasteiger partial charge on any atom is 0.395 e. The fourth-order valence-corrected chi connectivity index (χ4v) is 3.20. The number of piperidine rings is 1. The van der Waals surface area contributed by atoms with Crippen molar-refractivity contribution in [3.63, 3.8) is 0 Å². The first-order chi connectivity index (χ1) is 13.6. The number of alkyl halides is 3. The summed E-state index contributed by atoms with van der Waals surface area (Å²) in [5, 5.41) is 8.75. The normalized spacial score (nSPS) is 15.3. The van der Waals surface area contributed by atoms with Gasteiger partial charge in [-0.1, -0.05) is 48.9 Å². The molecule has 1 aliphatic heterocycles. The van der Waals surface area contributed by atoms with Gasteiger partial charge in [-0.05, 0) is 63.0 Å². The fraction of sp³-hybridized carbons (Fsp3) is 0.435.